The van der Waals surface area contributed by atoms with Gasteiger partial charge in [-0.3, -0.25) is 14.7 Å². The highest BCUT2D eigenvalue weighted by atomic mass is 16.2. The van der Waals surface area contributed by atoms with Gasteiger partial charge < -0.3 is 20.4 Å². The third kappa shape index (κ3) is 7.66. The Bertz CT molecular complexity index is 467. The van der Waals surface area contributed by atoms with Crippen LogP contribution in [-0.4, -0.2) is 98.1 Å². The van der Waals surface area contributed by atoms with E-state index in [0.717, 1.165) is 57.8 Å². The molecule has 0 radical (unpaired) electrons. The van der Waals surface area contributed by atoms with Crippen molar-refractivity contribution in [2.45, 2.75) is 58.5 Å². The van der Waals surface area contributed by atoms with Gasteiger partial charge in [0.05, 0.1) is 13.1 Å². The summed E-state index contributed by atoms with van der Waals surface area (Å²) in [7, 11) is 2.24. The SMILES string of the molecule is CCNC(=NCCN(C)C1CCCC1)N1CCN(CC(=O)NC(C)C)CC1. The van der Waals surface area contributed by atoms with Crippen LogP contribution in [0.1, 0.15) is 46.5 Å². The lowest BCUT2D eigenvalue weighted by Gasteiger charge is -2.36. The number of likely N-dealkylation sites (N-methyl/N-ethyl adjacent to an activating group) is 1. The highest BCUT2D eigenvalue weighted by molar-refractivity contribution is 5.80. The van der Waals surface area contributed by atoms with Crippen molar-refractivity contribution in [3.63, 3.8) is 0 Å². The molecule has 0 aromatic rings. The van der Waals surface area contributed by atoms with E-state index in [4.69, 9.17) is 4.99 Å². The molecule has 2 fully saturated rings. The molecule has 0 aromatic heterocycles. The fourth-order valence-electron chi connectivity index (χ4n) is 3.96. The van der Waals surface area contributed by atoms with Crippen molar-refractivity contribution < 1.29 is 4.79 Å². The van der Waals surface area contributed by atoms with Gasteiger partial charge in [0.25, 0.3) is 0 Å². The Morgan fingerprint density at radius 3 is 2.44 bits per heavy atom. The first kappa shape index (κ1) is 22.0. The molecule has 1 heterocycles. The lowest BCUT2D eigenvalue weighted by molar-refractivity contribution is -0.123. The molecule has 7 heteroatoms. The fraction of sp³-hybridized carbons (Fsp3) is 0.900. The fourth-order valence-corrected chi connectivity index (χ4v) is 3.96. The van der Waals surface area contributed by atoms with Crippen LogP contribution in [0.5, 0.6) is 0 Å². The molecule has 0 aromatic carbocycles. The number of amides is 1. The molecule has 156 valence electrons. The lowest BCUT2D eigenvalue weighted by atomic mass is 10.2. The molecule has 0 spiro atoms. The minimum atomic E-state index is 0.119. The quantitative estimate of drug-likeness (QED) is 0.485. The molecule has 0 atom stereocenters. The van der Waals surface area contributed by atoms with E-state index in [1.54, 1.807) is 0 Å². The Labute approximate surface area is 165 Å². The molecule has 7 nitrogen and oxygen atoms in total. The lowest BCUT2D eigenvalue weighted by Crippen LogP contribution is -2.54. The summed E-state index contributed by atoms with van der Waals surface area (Å²) in [5, 5.41) is 6.41. The van der Waals surface area contributed by atoms with Gasteiger partial charge in [-0.25, -0.2) is 0 Å². The summed E-state index contributed by atoms with van der Waals surface area (Å²) in [4.78, 5) is 23.8. The minimum absolute atomic E-state index is 0.119. The Morgan fingerprint density at radius 2 is 1.85 bits per heavy atom. The van der Waals surface area contributed by atoms with Crippen LogP contribution < -0.4 is 10.6 Å². The normalized spacial score (nSPS) is 19.9. The summed E-state index contributed by atoms with van der Waals surface area (Å²) in [5.74, 6) is 1.14. The summed E-state index contributed by atoms with van der Waals surface area (Å²) in [6.07, 6.45) is 5.43. The summed E-state index contributed by atoms with van der Waals surface area (Å²) in [6, 6.07) is 0.956. The van der Waals surface area contributed by atoms with Crippen LogP contribution in [0.4, 0.5) is 0 Å². The van der Waals surface area contributed by atoms with Gasteiger partial charge in [0.2, 0.25) is 5.91 Å². The molecule has 1 saturated carbocycles. The van der Waals surface area contributed by atoms with Gasteiger partial charge in [-0.1, -0.05) is 12.8 Å². The zero-order valence-corrected chi connectivity index (χ0v) is 17.8. The Balaban J connectivity index is 1.76. The van der Waals surface area contributed by atoms with Crippen LogP contribution in [0, 0.1) is 0 Å². The summed E-state index contributed by atoms with van der Waals surface area (Å²) < 4.78 is 0. The Hall–Kier alpha value is -1.34. The molecule has 2 N–H and O–H groups in total. The van der Waals surface area contributed by atoms with Crippen LogP contribution in [-0.2, 0) is 4.79 Å². The van der Waals surface area contributed by atoms with Gasteiger partial charge in [-0.2, -0.15) is 0 Å². The highest BCUT2D eigenvalue weighted by Crippen LogP contribution is 2.21. The van der Waals surface area contributed by atoms with Crippen LogP contribution in [0.3, 0.4) is 0 Å². The maximum atomic E-state index is 11.9. The number of nitrogens with one attached hydrogen (secondary N) is 2. The number of carbonyl (C=O) groups is 1. The number of guanidine groups is 1. The van der Waals surface area contributed by atoms with Gasteiger partial charge in [-0.15, -0.1) is 0 Å². The van der Waals surface area contributed by atoms with Crippen molar-refractivity contribution in [2.24, 2.45) is 4.99 Å². The molecular formula is C20H40N6O. The van der Waals surface area contributed by atoms with Gasteiger partial charge in [-0.05, 0) is 40.7 Å². The standard InChI is InChI=1S/C20H40N6O/c1-5-21-20(22-10-11-24(4)18-8-6-7-9-18)26-14-12-25(13-15-26)16-19(27)23-17(2)3/h17-18H,5-16H2,1-4H3,(H,21,22)(H,23,27). The highest BCUT2D eigenvalue weighted by Gasteiger charge is 2.22. The molecule has 0 unspecified atom stereocenters. The summed E-state index contributed by atoms with van der Waals surface area (Å²) in [5.41, 5.74) is 0. The molecule has 0 bridgehead atoms. The number of carbonyl (C=O) groups excluding carboxylic acids is 1. The van der Waals surface area contributed by atoms with Crippen molar-refractivity contribution in [1.82, 2.24) is 25.3 Å². The largest absolute Gasteiger partial charge is 0.357 e. The number of piperazine rings is 1. The first-order chi connectivity index (χ1) is 13.0. The van der Waals surface area contributed by atoms with Crippen molar-refractivity contribution >= 4 is 11.9 Å². The van der Waals surface area contributed by atoms with E-state index in [2.05, 4.69) is 39.3 Å². The Morgan fingerprint density at radius 1 is 1.19 bits per heavy atom. The molecule has 27 heavy (non-hydrogen) atoms. The third-order valence-corrected chi connectivity index (χ3v) is 5.49. The van der Waals surface area contributed by atoms with Crippen molar-refractivity contribution in [2.75, 3.05) is 59.4 Å². The first-order valence-corrected chi connectivity index (χ1v) is 10.7. The number of nitrogens with zero attached hydrogens (tertiary/aromatic N) is 4. The van der Waals surface area contributed by atoms with Crippen LogP contribution in [0.15, 0.2) is 4.99 Å². The average molecular weight is 381 g/mol. The van der Waals surface area contributed by atoms with E-state index in [9.17, 15) is 4.79 Å². The topological polar surface area (TPSA) is 63.2 Å². The number of rotatable bonds is 8. The smallest absolute Gasteiger partial charge is 0.234 e. The Kier molecular flexibility index (Phi) is 9.34. The molecule has 1 aliphatic heterocycles. The van der Waals surface area contributed by atoms with Crippen molar-refractivity contribution in [1.29, 1.82) is 0 Å². The van der Waals surface area contributed by atoms with Gasteiger partial charge in [0.15, 0.2) is 5.96 Å². The first-order valence-electron chi connectivity index (χ1n) is 10.7. The summed E-state index contributed by atoms with van der Waals surface area (Å²) >= 11 is 0. The van der Waals surface area contributed by atoms with E-state index in [0.29, 0.717) is 6.54 Å². The van der Waals surface area contributed by atoms with Gasteiger partial charge in [0, 0.05) is 51.4 Å². The predicted octanol–water partition coefficient (Wildman–Crippen LogP) is 0.969. The van der Waals surface area contributed by atoms with Crippen LogP contribution >= 0.6 is 0 Å². The van der Waals surface area contributed by atoms with E-state index in [1.165, 1.54) is 25.7 Å². The van der Waals surface area contributed by atoms with Crippen LogP contribution in [0.25, 0.3) is 0 Å². The van der Waals surface area contributed by atoms with Crippen LogP contribution in [0.2, 0.25) is 0 Å². The molecular weight excluding hydrogens is 340 g/mol. The molecule has 2 rings (SSSR count). The maximum Gasteiger partial charge on any atom is 0.234 e. The van der Waals surface area contributed by atoms with Gasteiger partial charge in [0.1, 0.15) is 0 Å². The van der Waals surface area contributed by atoms with Gasteiger partial charge >= 0.3 is 0 Å². The second-order valence-electron chi connectivity index (χ2n) is 8.14. The van der Waals surface area contributed by atoms with E-state index >= 15 is 0 Å². The molecule has 1 saturated heterocycles. The predicted molar refractivity (Wildman–Crippen MR) is 112 cm³/mol. The molecule has 2 aliphatic rings. The number of aliphatic imine (C=N–C) groups is 1. The average Bonchev–Trinajstić information content (AvgIpc) is 3.15. The zero-order chi connectivity index (χ0) is 19.6. The maximum absolute atomic E-state index is 11.9. The van der Waals surface area contributed by atoms with Crippen molar-refractivity contribution in [3.05, 3.63) is 0 Å². The zero-order valence-electron chi connectivity index (χ0n) is 17.8. The number of hydrogen-bond acceptors (Lipinski definition) is 4. The molecule has 1 amide bonds. The summed E-state index contributed by atoms with van der Waals surface area (Å²) in [6.45, 7) is 13.0. The second-order valence-corrected chi connectivity index (χ2v) is 8.14. The minimum Gasteiger partial charge on any atom is -0.357 e. The second kappa shape index (κ2) is 11.5. The van der Waals surface area contributed by atoms with E-state index < -0.39 is 0 Å². The monoisotopic (exact) mass is 380 g/mol. The van der Waals surface area contributed by atoms with Crippen molar-refractivity contribution in [3.8, 4) is 0 Å². The number of hydrogen-bond donors (Lipinski definition) is 2. The van der Waals surface area contributed by atoms with E-state index in [-0.39, 0.29) is 11.9 Å². The third-order valence-electron chi connectivity index (χ3n) is 5.49. The van der Waals surface area contributed by atoms with E-state index in [1.807, 2.05) is 13.8 Å². The molecule has 1 aliphatic carbocycles.